The highest BCUT2D eigenvalue weighted by atomic mass is 16.6. The molecule has 1 aromatic carbocycles. The Morgan fingerprint density at radius 1 is 1.22 bits per heavy atom. The Labute approximate surface area is 157 Å². The number of hydrogen-bond acceptors (Lipinski definition) is 5. The van der Waals surface area contributed by atoms with Crippen LogP contribution in [0.3, 0.4) is 0 Å². The number of carbonyl (C=O) groups excluding carboxylic acids is 3. The van der Waals surface area contributed by atoms with Crippen LogP contribution in [-0.4, -0.2) is 48.5 Å². The first-order valence-electron chi connectivity index (χ1n) is 9.31. The van der Waals surface area contributed by atoms with E-state index >= 15 is 0 Å². The van der Waals surface area contributed by atoms with Crippen molar-refractivity contribution in [2.45, 2.75) is 44.2 Å². The highest BCUT2D eigenvalue weighted by molar-refractivity contribution is 6.09. The lowest BCUT2D eigenvalue weighted by Gasteiger charge is -2.25. The second-order valence-electron chi connectivity index (χ2n) is 7.35. The molecule has 0 radical (unpaired) electrons. The molecular weight excluding hydrogens is 350 g/mol. The molecule has 4 amide bonds. The number of benzene rings is 1. The number of hydrogen-bond donors (Lipinski definition) is 2. The van der Waals surface area contributed by atoms with Gasteiger partial charge in [0.2, 0.25) is 5.91 Å². The molecule has 144 valence electrons. The average molecular weight is 373 g/mol. The van der Waals surface area contributed by atoms with Gasteiger partial charge in [0, 0.05) is 6.04 Å². The van der Waals surface area contributed by atoms with Crippen LogP contribution >= 0.6 is 0 Å². The Morgan fingerprint density at radius 3 is 2.67 bits per heavy atom. The molecule has 2 heterocycles. The van der Waals surface area contributed by atoms with E-state index in [0.29, 0.717) is 30.3 Å². The summed E-state index contributed by atoms with van der Waals surface area (Å²) in [5.41, 5.74) is -0.663. The summed E-state index contributed by atoms with van der Waals surface area (Å²) in [5, 5.41) is 5.62. The predicted octanol–water partition coefficient (Wildman–Crippen LogP) is 1.28. The fourth-order valence-corrected chi connectivity index (χ4v) is 3.88. The summed E-state index contributed by atoms with van der Waals surface area (Å²) in [4.78, 5) is 38.6. The molecule has 8 nitrogen and oxygen atoms in total. The van der Waals surface area contributed by atoms with Crippen LogP contribution in [0.2, 0.25) is 0 Å². The highest BCUT2D eigenvalue weighted by Gasteiger charge is 2.49. The topological polar surface area (TPSA) is 97.0 Å². The second kappa shape index (κ2) is 6.75. The minimum atomic E-state index is -1.25. The molecule has 4 rings (SSSR count). The van der Waals surface area contributed by atoms with Gasteiger partial charge in [-0.15, -0.1) is 0 Å². The summed E-state index contributed by atoms with van der Waals surface area (Å²) < 4.78 is 11.1. The maximum Gasteiger partial charge on any atom is 0.325 e. The SMILES string of the molecule is C[C@@]1(c2ccc3c(c2)OCCO3)NC(=O)N(CC(=O)NC2CCCC2)C1=O. The minimum absolute atomic E-state index is 0.141. The van der Waals surface area contributed by atoms with Crippen LogP contribution in [0.1, 0.15) is 38.2 Å². The third kappa shape index (κ3) is 3.20. The summed E-state index contributed by atoms with van der Waals surface area (Å²) >= 11 is 0. The van der Waals surface area contributed by atoms with Gasteiger partial charge in [-0.05, 0) is 37.5 Å². The lowest BCUT2D eigenvalue weighted by molar-refractivity contribution is -0.135. The number of ether oxygens (including phenoxy) is 2. The summed E-state index contributed by atoms with van der Waals surface area (Å²) in [5.74, 6) is 0.389. The van der Waals surface area contributed by atoms with Gasteiger partial charge in [0.05, 0.1) is 0 Å². The van der Waals surface area contributed by atoms with Crippen LogP contribution in [0, 0.1) is 0 Å². The number of amides is 4. The Kier molecular flexibility index (Phi) is 4.41. The van der Waals surface area contributed by atoms with Gasteiger partial charge in [0.1, 0.15) is 25.3 Å². The number of nitrogens with one attached hydrogen (secondary N) is 2. The maximum atomic E-state index is 13.0. The lowest BCUT2D eigenvalue weighted by Crippen LogP contribution is -2.45. The molecule has 2 aliphatic heterocycles. The number of urea groups is 1. The number of rotatable bonds is 4. The highest BCUT2D eigenvalue weighted by Crippen LogP contribution is 2.36. The average Bonchev–Trinajstić information content (AvgIpc) is 3.24. The Hall–Kier alpha value is -2.77. The van der Waals surface area contributed by atoms with Crippen LogP contribution in [0.15, 0.2) is 18.2 Å². The molecule has 27 heavy (non-hydrogen) atoms. The van der Waals surface area contributed by atoms with E-state index in [1.807, 2.05) is 0 Å². The van der Waals surface area contributed by atoms with Crippen LogP contribution in [-0.2, 0) is 15.1 Å². The van der Waals surface area contributed by atoms with Gasteiger partial charge >= 0.3 is 6.03 Å². The number of imide groups is 1. The summed E-state index contributed by atoms with van der Waals surface area (Å²) in [6, 6.07) is 4.73. The zero-order chi connectivity index (χ0) is 19.0. The van der Waals surface area contributed by atoms with Crippen LogP contribution in [0.25, 0.3) is 0 Å². The Balaban J connectivity index is 1.50. The van der Waals surface area contributed by atoms with E-state index < -0.39 is 17.5 Å². The van der Waals surface area contributed by atoms with Crippen molar-refractivity contribution in [2.75, 3.05) is 19.8 Å². The standard InChI is InChI=1S/C19H23N3O5/c1-19(12-6-7-14-15(10-12)27-9-8-26-14)17(24)22(18(25)21-19)11-16(23)20-13-4-2-3-5-13/h6-7,10,13H,2-5,8-9,11H2,1H3,(H,20,23)(H,21,25)/t19-/m0/s1. The third-order valence-corrected chi connectivity index (χ3v) is 5.42. The van der Waals surface area contributed by atoms with Gasteiger partial charge in [-0.2, -0.15) is 0 Å². The van der Waals surface area contributed by atoms with Crippen LogP contribution in [0.5, 0.6) is 11.5 Å². The van der Waals surface area contributed by atoms with E-state index in [0.717, 1.165) is 30.6 Å². The van der Waals surface area contributed by atoms with Gasteiger partial charge in [0.25, 0.3) is 5.91 Å². The zero-order valence-corrected chi connectivity index (χ0v) is 15.2. The minimum Gasteiger partial charge on any atom is -0.486 e. The van der Waals surface area contributed by atoms with Crippen molar-refractivity contribution in [1.29, 1.82) is 0 Å². The predicted molar refractivity (Wildman–Crippen MR) is 95.4 cm³/mol. The summed E-state index contributed by atoms with van der Waals surface area (Å²) in [6.07, 6.45) is 4.08. The first-order chi connectivity index (χ1) is 13.0. The molecule has 1 aliphatic carbocycles. The van der Waals surface area contributed by atoms with Gasteiger partial charge in [-0.25, -0.2) is 4.79 Å². The third-order valence-electron chi connectivity index (χ3n) is 5.42. The number of carbonyl (C=O) groups is 3. The van der Waals surface area contributed by atoms with Crippen LogP contribution < -0.4 is 20.1 Å². The van der Waals surface area contributed by atoms with Gasteiger partial charge in [-0.1, -0.05) is 18.9 Å². The van der Waals surface area contributed by atoms with E-state index in [4.69, 9.17) is 9.47 Å². The largest absolute Gasteiger partial charge is 0.486 e. The van der Waals surface area contributed by atoms with E-state index in [1.54, 1.807) is 25.1 Å². The Bertz CT molecular complexity index is 790. The Morgan fingerprint density at radius 2 is 1.93 bits per heavy atom. The van der Waals surface area contributed by atoms with Crippen molar-refractivity contribution in [3.8, 4) is 11.5 Å². The molecule has 0 unspecified atom stereocenters. The molecule has 2 N–H and O–H groups in total. The molecule has 0 aromatic heterocycles. The van der Waals surface area contributed by atoms with Crippen molar-refractivity contribution in [3.05, 3.63) is 23.8 Å². The smallest absolute Gasteiger partial charge is 0.325 e. The number of fused-ring (bicyclic) bond motifs is 1. The van der Waals surface area contributed by atoms with E-state index in [-0.39, 0.29) is 18.5 Å². The van der Waals surface area contributed by atoms with Crippen molar-refractivity contribution in [2.24, 2.45) is 0 Å². The van der Waals surface area contributed by atoms with E-state index in [9.17, 15) is 14.4 Å². The van der Waals surface area contributed by atoms with Crippen molar-refractivity contribution >= 4 is 17.8 Å². The van der Waals surface area contributed by atoms with Crippen molar-refractivity contribution in [1.82, 2.24) is 15.5 Å². The van der Waals surface area contributed by atoms with Crippen LogP contribution in [0.4, 0.5) is 4.79 Å². The molecule has 1 saturated carbocycles. The normalized spacial score (nSPS) is 24.9. The van der Waals surface area contributed by atoms with Crippen molar-refractivity contribution < 1.29 is 23.9 Å². The first kappa shape index (κ1) is 17.6. The fraction of sp³-hybridized carbons (Fsp3) is 0.526. The van der Waals surface area contributed by atoms with Gasteiger partial charge < -0.3 is 20.1 Å². The monoisotopic (exact) mass is 373 g/mol. The summed E-state index contributed by atoms with van der Waals surface area (Å²) in [6.45, 7) is 2.26. The maximum absolute atomic E-state index is 13.0. The van der Waals surface area contributed by atoms with Crippen molar-refractivity contribution in [3.63, 3.8) is 0 Å². The molecule has 1 aromatic rings. The molecule has 3 aliphatic rings. The fourth-order valence-electron chi connectivity index (χ4n) is 3.88. The molecule has 1 saturated heterocycles. The second-order valence-corrected chi connectivity index (χ2v) is 7.35. The van der Waals surface area contributed by atoms with Gasteiger partial charge in [0.15, 0.2) is 11.5 Å². The number of nitrogens with zero attached hydrogens (tertiary/aromatic N) is 1. The molecule has 0 bridgehead atoms. The quantitative estimate of drug-likeness (QED) is 0.775. The molecular formula is C19H23N3O5. The lowest BCUT2D eigenvalue weighted by atomic mass is 9.91. The first-order valence-corrected chi connectivity index (χ1v) is 9.31. The molecule has 1 atom stereocenters. The zero-order valence-electron chi connectivity index (χ0n) is 15.2. The van der Waals surface area contributed by atoms with Gasteiger partial charge in [-0.3, -0.25) is 14.5 Å². The molecule has 0 spiro atoms. The molecule has 8 heteroatoms. The van der Waals surface area contributed by atoms with E-state index in [1.165, 1.54) is 0 Å². The van der Waals surface area contributed by atoms with E-state index in [2.05, 4.69) is 10.6 Å². The molecule has 2 fully saturated rings. The summed E-state index contributed by atoms with van der Waals surface area (Å²) in [7, 11) is 0.